The zero-order chi connectivity index (χ0) is 27.6. The van der Waals surface area contributed by atoms with E-state index >= 15 is 0 Å². The highest BCUT2D eigenvalue weighted by Gasteiger charge is 2.42. The monoisotopic (exact) mass is 541 g/mol. The lowest BCUT2D eigenvalue weighted by atomic mass is 10.0. The molecule has 0 spiro atoms. The van der Waals surface area contributed by atoms with Crippen LogP contribution in [0.15, 0.2) is 67.5 Å². The fraction of sp³-hybridized carbons (Fsp3) is 0.367. The summed E-state index contributed by atoms with van der Waals surface area (Å²) in [6.07, 6.45) is 5.70. The molecular weight excluding hydrogens is 506 g/mol. The van der Waals surface area contributed by atoms with E-state index in [9.17, 15) is 4.79 Å². The van der Waals surface area contributed by atoms with Crippen LogP contribution in [0.5, 0.6) is 5.75 Å². The molecule has 0 aliphatic carbocycles. The van der Waals surface area contributed by atoms with Gasteiger partial charge in [0.15, 0.2) is 5.82 Å². The summed E-state index contributed by atoms with van der Waals surface area (Å²) >= 11 is 0. The van der Waals surface area contributed by atoms with Gasteiger partial charge in [0.25, 0.3) is 0 Å². The van der Waals surface area contributed by atoms with E-state index in [2.05, 4.69) is 68.3 Å². The number of likely N-dealkylation sites (tertiary alicyclic amines) is 1. The van der Waals surface area contributed by atoms with Gasteiger partial charge in [0.1, 0.15) is 17.9 Å². The van der Waals surface area contributed by atoms with E-state index in [1.807, 2.05) is 29.3 Å². The second kappa shape index (κ2) is 11.1. The molecule has 6 rings (SSSR count). The Morgan fingerprint density at radius 1 is 1.15 bits per heavy atom. The highest BCUT2D eigenvalue weighted by molar-refractivity contribution is 6.02. The first-order valence-electron chi connectivity index (χ1n) is 13.7. The maximum Gasteiger partial charge on any atom is 0.247 e. The van der Waals surface area contributed by atoms with Gasteiger partial charge in [-0.05, 0) is 44.0 Å². The van der Waals surface area contributed by atoms with Crippen LogP contribution in [0.4, 0.5) is 28.7 Å². The van der Waals surface area contributed by atoms with E-state index in [1.54, 1.807) is 7.11 Å². The maximum absolute atomic E-state index is 12.4. The van der Waals surface area contributed by atoms with Crippen molar-refractivity contribution in [2.45, 2.75) is 37.4 Å². The van der Waals surface area contributed by atoms with Crippen LogP contribution < -0.4 is 25.3 Å². The minimum atomic E-state index is -0.265. The molecule has 3 atom stereocenters. The summed E-state index contributed by atoms with van der Waals surface area (Å²) in [6, 6.07) is 17.2. The van der Waals surface area contributed by atoms with Crippen LogP contribution in [0.25, 0.3) is 0 Å². The zero-order valence-corrected chi connectivity index (χ0v) is 22.9. The van der Waals surface area contributed by atoms with Crippen molar-refractivity contribution in [3.8, 4) is 5.75 Å². The fourth-order valence-electron chi connectivity index (χ4n) is 6.03. The number of rotatable bonds is 9. The van der Waals surface area contributed by atoms with Gasteiger partial charge in [0, 0.05) is 37.3 Å². The minimum Gasteiger partial charge on any atom is -0.494 e. The van der Waals surface area contributed by atoms with Crippen molar-refractivity contribution in [1.29, 1.82) is 0 Å². The third-order valence-corrected chi connectivity index (χ3v) is 8.05. The van der Waals surface area contributed by atoms with Crippen LogP contribution in [0.1, 0.15) is 18.4 Å². The van der Waals surface area contributed by atoms with E-state index in [-0.39, 0.29) is 11.9 Å². The Hall–Kier alpha value is -4.15. The van der Waals surface area contributed by atoms with Crippen LogP contribution >= 0.6 is 0 Å². The van der Waals surface area contributed by atoms with Gasteiger partial charge in [-0.2, -0.15) is 0 Å². The molecule has 208 valence electrons. The highest BCUT2D eigenvalue weighted by atomic mass is 16.7. The summed E-state index contributed by atoms with van der Waals surface area (Å²) in [5, 5.41) is 8.27. The minimum absolute atomic E-state index is 0.175. The number of hydrogen-bond acceptors (Lipinski definition) is 9. The number of nitrogens with one attached hydrogen (secondary N) is 2. The SMILES string of the molecule is C=CC(=O)Nc1cc(Nc2cc(N3OCC[C@@H]3Cc3ccccc3)ncn2)c(OC)cc1N1CC2CC1CN2C. The fourth-order valence-corrected chi connectivity index (χ4v) is 6.03. The van der Waals surface area contributed by atoms with E-state index < -0.39 is 0 Å². The summed E-state index contributed by atoms with van der Waals surface area (Å²) in [5.41, 5.74) is 3.58. The average molecular weight is 542 g/mol. The lowest BCUT2D eigenvalue weighted by molar-refractivity contribution is -0.111. The number of amides is 1. The molecule has 2 N–H and O–H groups in total. The molecule has 1 aromatic heterocycles. The number of carbonyl (C=O) groups excluding carboxylic acids is 1. The Morgan fingerprint density at radius 3 is 2.73 bits per heavy atom. The van der Waals surface area contributed by atoms with Crippen molar-refractivity contribution in [2.75, 3.05) is 54.5 Å². The number of aromatic nitrogens is 2. The van der Waals surface area contributed by atoms with Crippen molar-refractivity contribution in [1.82, 2.24) is 14.9 Å². The summed E-state index contributed by atoms with van der Waals surface area (Å²) in [7, 11) is 3.82. The quantitative estimate of drug-likeness (QED) is 0.390. The molecule has 40 heavy (non-hydrogen) atoms. The number of hydrogen-bond donors (Lipinski definition) is 2. The molecule has 0 radical (unpaired) electrons. The average Bonchev–Trinajstić information content (AvgIpc) is 3.70. The standard InChI is InChI=1S/C30H35N7O3/c1-4-30(38)34-24-14-25(27(39-3)15-26(24)36-18-22-13-23(36)17-35(22)2)33-28-16-29(32-19-31-28)37-21(10-11-40-37)12-20-8-6-5-7-9-20/h4-9,14-16,19,21-23H,1,10-13,17-18H2,2-3H3,(H,34,38)(H,31,32,33)/t21-,22?,23?/m1/s1. The smallest absolute Gasteiger partial charge is 0.247 e. The number of likely N-dealkylation sites (N-methyl/N-ethyl adjacent to an activating group) is 1. The normalized spacial score (nSPS) is 22.0. The van der Waals surface area contributed by atoms with Gasteiger partial charge in [-0.25, -0.2) is 15.0 Å². The van der Waals surface area contributed by atoms with Crippen molar-refractivity contribution in [3.05, 3.63) is 73.1 Å². The van der Waals surface area contributed by atoms with Crippen LogP contribution in [-0.4, -0.2) is 72.8 Å². The van der Waals surface area contributed by atoms with Crippen LogP contribution in [0.2, 0.25) is 0 Å². The molecule has 2 bridgehead atoms. The van der Waals surface area contributed by atoms with Gasteiger partial charge in [0.05, 0.1) is 36.8 Å². The molecule has 4 heterocycles. The second-order valence-electron chi connectivity index (χ2n) is 10.6. The molecule has 3 fully saturated rings. The molecule has 10 heteroatoms. The van der Waals surface area contributed by atoms with Crippen LogP contribution in [0.3, 0.4) is 0 Å². The molecule has 2 unspecified atom stereocenters. The zero-order valence-electron chi connectivity index (χ0n) is 22.9. The van der Waals surface area contributed by atoms with Crippen molar-refractivity contribution in [3.63, 3.8) is 0 Å². The van der Waals surface area contributed by atoms with Gasteiger partial charge in [-0.1, -0.05) is 36.9 Å². The van der Waals surface area contributed by atoms with Gasteiger partial charge in [-0.15, -0.1) is 0 Å². The van der Waals surface area contributed by atoms with E-state index in [0.29, 0.717) is 47.5 Å². The number of methoxy groups -OCH3 is 1. The number of nitrogens with zero attached hydrogens (tertiary/aromatic N) is 5. The summed E-state index contributed by atoms with van der Waals surface area (Å²) in [5.74, 6) is 1.66. The summed E-state index contributed by atoms with van der Waals surface area (Å²) < 4.78 is 5.81. The first kappa shape index (κ1) is 26.1. The number of fused-ring (bicyclic) bond motifs is 2. The molecule has 0 saturated carbocycles. The molecule has 3 aromatic rings. The van der Waals surface area contributed by atoms with Gasteiger partial charge >= 0.3 is 0 Å². The number of carbonyl (C=O) groups is 1. The first-order chi connectivity index (χ1) is 19.5. The predicted molar refractivity (Wildman–Crippen MR) is 156 cm³/mol. The Labute approximate surface area is 234 Å². The van der Waals surface area contributed by atoms with Crippen molar-refractivity contribution >= 4 is 34.6 Å². The maximum atomic E-state index is 12.4. The number of piperazine rings is 1. The van der Waals surface area contributed by atoms with E-state index in [0.717, 1.165) is 38.0 Å². The molecule has 1 amide bonds. The second-order valence-corrected chi connectivity index (χ2v) is 10.6. The van der Waals surface area contributed by atoms with E-state index in [4.69, 9.17) is 9.57 Å². The third kappa shape index (κ3) is 5.20. The lowest BCUT2D eigenvalue weighted by Gasteiger charge is -2.35. The highest BCUT2D eigenvalue weighted by Crippen LogP contribution is 2.43. The third-order valence-electron chi connectivity index (χ3n) is 8.05. The van der Waals surface area contributed by atoms with Gasteiger partial charge in [-0.3, -0.25) is 14.5 Å². The van der Waals surface area contributed by atoms with Crippen molar-refractivity contribution in [2.24, 2.45) is 0 Å². The Bertz CT molecular complexity index is 1380. The van der Waals surface area contributed by atoms with Gasteiger partial charge < -0.3 is 20.3 Å². The van der Waals surface area contributed by atoms with E-state index in [1.165, 1.54) is 18.0 Å². The Kier molecular flexibility index (Phi) is 7.27. The molecule has 3 aliphatic heterocycles. The predicted octanol–water partition coefficient (Wildman–Crippen LogP) is 4.00. The largest absolute Gasteiger partial charge is 0.494 e. The molecule has 3 saturated heterocycles. The van der Waals surface area contributed by atoms with Gasteiger partial charge in [0.2, 0.25) is 5.91 Å². The van der Waals surface area contributed by atoms with Crippen LogP contribution in [-0.2, 0) is 16.1 Å². The Morgan fingerprint density at radius 2 is 2.00 bits per heavy atom. The summed E-state index contributed by atoms with van der Waals surface area (Å²) in [4.78, 5) is 32.1. The molecular formula is C30H35N7O3. The first-order valence-corrected chi connectivity index (χ1v) is 13.7. The number of benzene rings is 2. The molecule has 3 aliphatic rings. The van der Waals surface area contributed by atoms with Crippen molar-refractivity contribution < 1.29 is 14.4 Å². The lowest BCUT2D eigenvalue weighted by Crippen LogP contribution is -2.44. The number of anilines is 5. The van der Waals surface area contributed by atoms with Crippen LogP contribution in [0, 0.1) is 0 Å². The number of ether oxygens (including phenoxy) is 1. The topological polar surface area (TPSA) is 95.1 Å². The molecule has 2 aromatic carbocycles. The number of hydroxylamine groups is 1. The molecule has 10 nitrogen and oxygen atoms in total. The summed E-state index contributed by atoms with van der Waals surface area (Å²) in [6.45, 7) is 6.17. The Balaban J connectivity index is 1.27.